The van der Waals surface area contributed by atoms with Crippen LogP contribution >= 0.6 is 0 Å². The third kappa shape index (κ3) is 2.94. The molecule has 0 fully saturated rings. The lowest BCUT2D eigenvalue weighted by Gasteiger charge is -2.06. The molecule has 0 aliphatic rings. The molecule has 0 spiro atoms. The van der Waals surface area contributed by atoms with Crippen molar-refractivity contribution >= 4 is 11.0 Å². The highest BCUT2D eigenvalue weighted by atomic mass is 16.5. The fourth-order valence-electron chi connectivity index (χ4n) is 3.11. The number of aryl methyl sites for hydroxylation is 1. The summed E-state index contributed by atoms with van der Waals surface area (Å²) in [6.45, 7) is 6.03. The van der Waals surface area contributed by atoms with Crippen LogP contribution in [0.4, 0.5) is 0 Å². The van der Waals surface area contributed by atoms with Crippen molar-refractivity contribution in [3.8, 4) is 11.4 Å². The molecular formula is C20H20N4O2. The quantitative estimate of drug-likeness (QED) is 0.607. The Balaban J connectivity index is 1.65. The number of hydrogen-bond acceptors (Lipinski definition) is 4. The minimum atomic E-state index is -0.111. The van der Waals surface area contributed by atoms with Gasteiger partial charge in [-0.1, -0.05) is 35.0 Å². The number of nitrogens with one attached hydrogen (secondary N) is 1. The maximum Gasteiger partial charge on any atom is 0.326 e. The average molecular weight is 348 g/mol. The van der Waals surface area contributed by atoms with Crippen molar-refractivity contribution in [1.82, 2.24) is 19.7 Å². The molecule has 4 rings (SSSR count). The molecule has 2 aromatic heterocycles. The van der Waals surface area contributed by atoms with E-state index in [4.69, 9.17) is 4.52 Å². The molecule has 0 radical (unpaired) electrons. The second kappa shape index (κ2) is 6.29. The monoisotopic (exact) mass is 348 g/mol. The van der Waals surface area contributed by atoms with E-state index in [1.807, 2.05) is 32.0 Å². The van der Waals surface area contributed by atoms with Crippen LogP contribution in [0.5, 0.6) is 0 Å². The largest absolute Gasteiger partial charge is 0.339 e. The van der Waals surface area contributed by atoms with E-state index in [2.05, 4.69) is 46.3 Å². The summed E-state index contributed by atoms with van der Waals surface area (Å²) < 4.78 is 7.13. The predicted octanol–water partition coefficient (Wildman–Crippen LogP) is 3.86. The number of rotatable bonds is 4. The summed E-state index contributed by atoms with van der Waals surface area (Å²) in [5, 5.41) is 4.09. The summed E-state index contributed by atoms with van der Waals surface area (Å²) in [5.74, 6) is 1.09. The molecule has 0 atom stereocenters. The molecule has 26 heavy (non-hydrogen) atoms. The van der Waals surface area contributed by atoms with Gasteiger partial charge in [-0.3, -0.25) is 4.57 Å². The number of imidazole rings is 1. The van der Waals surface area contributed by atoms with Crippen LogP contribution in [0.15, 0.2) is 51.8 Å². The highest BCUT2D eigenvalue weighted by Gasteiger charge is 2.13. The summed E-state index contributed by atoms with van der Waals surface area (Å²) in [6, 6.07) is 14.1. The number of benzene rings is 2. The van der Waals surface area contributed by atoms with Crippen LogP contribution in [0, 0.1) is 6.92 Å². The van der Waals surface area contributed by atoms with E-state index in [-0.39, 0.29) is 11.7 Å². The minimum absolute atomic E-state index is 0.0911. The molecule has 4 aromatic rings. The van der Waals surface area contributed by atoms with Crippen LogP contribution in [0.1, 0.15) is 36.9 Å². The Morgan fingerprint density at radius 1 is 1.15 bits per heavy atom. The Kier molecular flexibility index (Phi) is 3.95. The van der Waals surface area contributed by atoms with Crippen LogP contribution < -0.4 is 5.69 Å². The van der Waals surface area contributed by atoms with Crippen molar-refractivity contribution in [3.63, 3.8) is 0 Å². The normalized spacial score (nSPS) is 11.5. The van der Waals surface area contributed by atoms with Gasteiger partial charge in [-0.2, -0.15) is 4.98 Å². The zero-order valence-electron chi connectivity index (χ0n) is 15.0. The first kappa shape index (κ1) is 16.3. The molecule has 0 aliphatic carbocycles. The summed E-state index contributed by atoms with van der Waals surface area (Å²) in [4.78, 5) is 19.5. The van der Waals surface area contributed by atoms with Crippen LogP contribution in [0.25, 0.3) is 22.4 Å². The molecule has 6 nitrogen and oxygen atoms in total. The molecule has 2 aromatic carbocycles. The Bertz CT molecular complexity index is 1120. The number of fused-ring (bicyclic) bond motifs is 1. The summed E-state index contributed by atoms with van der Waals surface area (Å²) >= 11 is 0. The third-order valence-corrected chi connectivity index (χ3v) is 4.44. The van der Waals surface area contributed by atoms with E-state index in [1.54, 1.807) is 4.57 Å². The molecule has 0 saturated heterocycles. The fourth-order valence-corrected chi connectivity index (χ4v) is 3.11. The summed E-state index contributed by atoms with van der Waals surface area (Å²) in [7, 11) is 0. The number of hydrogen-bond donors (Lipinski definition) is 1. The second-order valence-electron chi connectivity index (χ2n) is 6.80. The van der Waals surface area contributed by atoms with Crippen molar-refractivity contribution in [2.75, 3.05) is 0 Å². The lowest BCUT2D eigenvalue weighted by atomic mass is 10.1. The predicted molar refractivity (Wildman–Crippen MR) is 100 cm³/mol. The van der Waals surface area contributed by atoms with Gasteiger partial charge in [0, 0.05) is 11.6 Å². The molecule has 0 amide bonds. The lowest BCUT2D eigenvalue weighted by Crippen LogP contribution is -2.18. The zero-order valence-corrected chi connectivity index (χ0v) is 15.0. The van der Waals surface area contributed by atoms with Gasteiger partial charge in [0.15, 0.2) is 0 Å². The summed E-state index contributed by atoms with van der Waals surface area (Å²) in [6.07, 6.45) is 0.593. The molecule has 132 valence electrons. The zero-order chi connectivity index (χ0) is 18.3. The number of aromatic nitrogens is 4. The second-order valence-corrected chi connectivity index (χ2v) is 6.80. The first-order valence-corrected chi connectivity index (χ1v) is 8.64. The number of H-pyrrole nitrogens is 1. The van der Waals surface area contributed by atoms with Gasteiger partial charge in [0.05, 0.1) is 17.5 Å². The number of nitrogens with zero attached hydrogens (tertiary/aromatic N) is 3. The highest BCUT2D eigenvalue weighted by molar-refractivity contribution is 5.80. The van der Waals surface area contributed by atoms with Gasteiger partial charge in [0.1, 0.15) is 0 Å². The molecular weight excluding hydrogens is 328 g/mol. The van der Waals surface area contributed by atoms with Gasteiger partial charge >= 0.3 is 5.69 Å². The van der Waals surface area contributed by atoms with Gasteiger partial charge in [0.2, 0.25) is 11.7 Å². The van der Waals surface area contributed by atoms with Crippen molar-refractivity contribution < 1.29 is 4.52 Å². The van der Waals surface area contributed by atoms with Crippen LogP contribution in [0.3, 0.4) is 0 Å². The molecule has 0 aliphatic heterocycles. The van der Waals surface area contributed by atoms with Crippen LogP contribution in [-0.2, 0) is 6.42 Å². The van der Waals surface area contributed by atoms with E-state index in [0.29, 0.717) is 18.1 Å². The molecule has 0 saturated carbocycles. The summed E-state index contributed by atoms with van der Waals surface area (Å²) in [5.41, 5.74) is 4.69. The highest BCUT2D eigenvalue weighted by Crippen LogP contribution is 2.23. The Morgan fingerprint density at radius 3 is 2.65 bits per heavy atom. The van der Waals surface area contributed by atoms with Crippen LogP contribution in [0.2, 0.25) is 0 Å². The van der Waals surface area contributed by atoms with Crippen molar-refractivity contribution in [1.29, 1.82) is 0 Å². The maximum absolute atomic E-state index is 12.1. The Hall–Kier alpha value is -3.15. The van der Waals surface area contributed by atoms with Gasteiger partial charge < -0.3 is 9.51 Å². The van der Waals surface area contributed by atoms with Crippen LogP contribution in [-0.4, -0.2) is 19.7 Å². The Labute approximate surface area is 150 Å². The van der Waals surface area contributed by atoms with Crippen molar-refractivity contribution in [2.24, 2.45) is 0 Å². The third-order valence-electron chi connectivity index (χ3n) is 4.44. The molecule has 6 heteroatoms. The lowest BCUT2D eigenvalue weighted by molar-refractivity contribution is 0.385. The standard InChI is InChI=1S/C20H20N4O2/c1-12(2)24-17-9-8-15(11-16(17)21-20(24)25)19-22-18(26-23-19)10-14-6-4-13(3)5-7-14/h4-9,11-12H,10H2,1-3H3,(H,21,25). The van der Waals surface area contributed by atoms with E-state index < -0.39 is 0 Å². The number of aromatic amines is 1. The van der Waals surface area contributed by atoms with Crippen molar-refractivity contribution in [2.45, 2.75) is 33.2 Å². The maximum atomic E-state index is 12.1. The van der Waals surface area contributed by atoms with Gasteiger partial charge in [-0.05, 0) is 44.5 Å². The molecule has 0 unspecified atom stereocenters. The van der Waals surface area contributed by atoms with E-state index in [9.17, 15) is 4.79 Å². The minimum Gasteiger partial charge on any atom is -0.339 e. The topological polar surface area (TPSA) is 76.7 Å². The first-order valence-electron chi connectivity index (χ1n) is 8.64. The Morgan fingerprint density at radius 2 is 1.92 bits per heavy atom. The van der Waals surface area contributed by atoms with Crippen molar-refractivity contribution in [3.05, 3.63) is 70.0 Å². The average Bonchev–Trinajstić information content (AvgIpc) is 3.19. The van der Waals surface area contributed by atoms with Gasteiger partial charge in [-0.25, -0.2) is 4.79 Å². The smallest absolute Gasteiger partial charge is 0.326 e. The van der Waals surface area contributed by atoms with E-state index in [1.165, 1.54) is 5.56 Å². The SMILES string of the molecule is Cc1ccc(Cc2nc(-c3ccc4c(c3)[nH]c(=O)n4C(C)C)no2)cc1. The first-order chi connectivity index (χ1) is 12.5. The fraction of sp³-hybridized carbons (Fsp3) is 0.250. The molecule has 1 N–H and O–H groups in total. The van der Waals surface area contributed by atoms with E-state index >= 15 is 0 Å². The van der Waals surface area contributed by atoms with Gasteiger partial charge in [-0.15, -0.1) is 0 Å². The van der Waals surface area contributed by atoms with E-state index in [0.717, 1.165) is 22.2 Å². The molecule has 2 heterocycles. The van der Waals surface area contributed by atoms with Gasteiger partial charge in [0.25, 0.3) is 0 Å². The molecule has 0 bridgehead atoms.